The number of amides is 2. The zero-order chi connectivity index (χ0) is 54.3. The summed E-state index contributed by atoms with van der Waals surface area (Å²) in [4.78, 5) is 74.7. The van der Waals surface area contributed by atoms with Gasteiger partial charge in [-0.2, -0.15) is 0 Å². The van der Waals surface area contributed by atoms with Crippen molar-refractivity contribution in [1.82, 2.24) is 19.6 Å². The highest BCUT2D eigenvalue weighted by Gasteiger charge is 2.51. The summed E-state index contributed by atoms with van der Waals surface area (Å²) >= 11 is 0. The molecule has 5 bridgehead atoms. The lowest BCUT2D eigenvalue weighted by molar-refractivity contribution is -0.162. The molecule has 75 heavy (non-hydrogen) atoms. The number of piperidine rings is 2. The number of carbonyl (C=O) groups is 4. The number of allylic oxidation sites excluding steroid dienone is 3. The summed E-state index contributed by atoms with van der Waals surface area (Å²) in [5, 5.41) is 51.4. The van der Waals surface area contributed by atoms with Crippen molar-refractivity contribution in [2.75, 3.05) is 77.8 Å². The van der Waals surface area contributed by atoms with E-state index in [-0.39, 0.29) is 62.0 Å². The Hall–Kier alpha value is -5.40. The van der Waals surface area contributed by atoms with E-state index in [1.54, 1.807) is 63.8 Å². The van der Waals surface area contributed by atoms with Crippen molar-refractivity contribution in [3.8, 4) is 17.2 Å². The Kier molecular flexibility index (Phi) is 16.9. The van der Waals surface area contributed by atoms with Gasteiger partial charge in [0.15, 0.2) is 5.75 Å². The lowest BCUT2D eigenvalue weighted by Gasteiger charge is -2.38. The number of ether oxygens (including phenoxy) is 3. The number of hydrogen-bond donors (Lipinski definition) is 5. The molecule has 0 radical (unpaired) electrons. The predicted octanol–water partition coefficient (Wildman–Crippen LogP) is 4.98. The molecule has 8 atom stereocenters. The van der Waals surface area contributed by atoms with Gasteiger partial charge in [0.05, 0.1) is 35.1 Å². The molecule has 5 N–H and O–H groups in total. The van der Waals surface area contributed by atoms with Crippen LogP contribution < -0.4 is 20.8 Å². The lowest BCUT2D eigenvalue weighted by Crippen LogP contribution is -2.51. The number of aromatic hydroxyl groups is 2. The number of nitrogens with zero attached hydrogens (tertiary/aromatic N) is 6. The number of carbonyl (C=O) groups excluding carboxylic acids is 4. The van der Waals surface area contributed by atoms with Crippen LogP contribution in [0, 0.1) is 42.4 Å². The molecule has 410 valence electrons. The van der Waals surface area contributed by atoms with E-state index in [1.807, 2.05) is 6.92 Å². The molecule has 1 spiro atoms. The first-order valence-corrected chi connectivity index (χ1v) is 27.2. The Bertz CT molecular complexity index is 2730. The second-order valence-electron chi connectivity index (χ2n) is 23.2. The Labute approximate surface area is 441 Å². The largest absolute Gasteiger partial charge is 0.507 e. The number of anilines is 1. The molecule has 18 nitrogen and oxygen atoms in total. The molecular formula is C57H81N7O11. The van der Waals surface area contributed by atoms with E-state index in [9.17, 15) is 39.6 Å². The maximum Gasteiger partial charge on any atom is 0.315 e. The molecule has 18 heteroatoms. The molecule has 9 rings (SSSR count). The first-order chi connectivity index (χ1) is 35.5. The Morgan fingerprint density at radius 3 is 2.24 bits per heavy atom. The summed E-state index contributed by atoms with van der Waals surface area (Å²) < 4.78 is 18.7. The molecule has 7 aliphatic rings. The summed E-state index contributed by atoms with van der Waals surface area (Å²) in [6.07, 6.45) is 7.98. The summed E-state index contributed by atoms with van der Waals surface area (Å²) in [5.41, 5.74) is -0.115. The third-order valence-electron chi connectivity index (χ3n) is 16.8. The first kappa shape index (κ1) is 55.8. The van der Waals surface area contributed by atoms with Gasteiger partial charge < -0.3 is 54.7 Å². The van der Waals surface area contributed by atoms with E-state index >= 15 is 0 Å². The van der Waals surface area contributed by atoms with Crippen LogP contribution in [0.25, 0.3) is 10.8 Å². The molecule has 3 fully saturated rings. The minimum absolute atomic E-state index is 0.0611. The van der Waals surface area contributed by atoms with Crippen LogP contribution in [0.1, 0.15) is 110 Å². The van der Waals surface area contributed by atoms with Gasteiger partial charge in [-0.25, -0.2) is 4.99 Å². The number of aliphatic hydroxyl groups excluding tert-OH is 2. The van der Waals surface area contributed by atoms with Gasteiger partial charge in [-0.1, -0.05) is 59.8 Å². The standard InChI is InChI=1S/C57H81N7O11/c1-32(2)30-62-22-18-57(19-23-62)59-45-42-43-50(69)38(8)53-44(42)54(71)56(9,75-53)73-28-12-15-34(4)52(74-41(66)29-40(65)64-26-24-63(25-27-64)31-39-16-20-61(10)21-17-39)37(7)49(68)36(6)48(67)33(3)13-11-14-35(5)55(72)58-47(51(43)70)46(45)60-57/h11-14,28,32-34,36-37,39,48-49,52,59,67-70H,15-27,29-31H2,1-10H3/b13-11+,28-12+,35-14-,58-47?/t33-,34+,36+,37+,48-,49+,52+,56-/m0/s1. The smallest absolute Gasteiger partial charge is 0.315 e. The fourth-order valence-electron chi connectivity index (χ4n) is 12.0. The van der Waals surface area contributed by atoms with Crippen LogP contribution in [0.4, 0.5) is 5.69 Å². The van der Waals surface area contributed by atoms with Crippen molar-refractivity contribution < 1.29 is 53.8 Å². The summed E-state index contributed by atoms with van der Waals surface area (Å²) in [6.45, 7) is 24.1. The fourth-order valence-corrected chi connectivity index (χ4v) is 12.0. The second-order valence-corrected chi connectivity index (χ2v) is 23.2. The third kappa shape index (κ3) is 11.7. The summed E-state index contributed by atoms with van der Waals surface area (Å²) in [6, 6.07) is 0. The molecule has 7 aliphatic heterocycles. The average molecular weight is 1040 g/mol. The first-order valence-electron chi connectivity index (χ1n) is 27.2. The number of fused-ring (bicyclic) bond motifs is 13. The van der Waals surface area contributed by atoms with Crippen molar-refractivity contribution in [1.29, 1.82) is 0 Å². The van der Waals surface area contributed by atoms with Crippen LogP contribution in [0.5, 0.6) is 17.2 Å². The van der Waals surface area contributed by atoms with E-state index < -0.39 is 83.3 Å². The minimum Gasteiger partial charge on any atom is -0.507 e. The van der Waals surface area contributed by atoms with Crippen molar-refractivity contribution in [2.24, 2.45) is 45.5 Å². The fraction of sp³-hybridized carbons (Fsp3) is 0.649. The zero-order valence-electron chi connectivity index (χ0n) is 45.7. The average Bonchev–Trinajstić information content (AvgIpc) is 3.89. The van der Waals surface area contributed by atoms with Crippen LogP contribution in [-0.4, -0.2) is 166 Å². The molecule has 7 heterocycles. The SMILES string of the molecule is C/C1=C/C=C/[C@H](C)[C@H](O)[C@@H](C)[C@@H](O)[C@@H](C)[C@H](OC(=O)CC(=O)N2CCN(CC3CCN(C)CC3)CC2)[C@H](C)C/C=C/O[C@@]2(C)Oc3c(C)c(O)c4c(O)c(c5c(c4c3C2=O)NC2(CCN(CC(C)C)CC2)N=5)=NC1=O. The molecule has 2 aromatic rings. The van der Waals surface area contributed by atoms with E-state index in [0.717, 1.165) is 65.2 Å². The third-order valence-corrected chi connectivity index (χ3v) is 16.8. The van der Waals surface area contributed by atoms with Gasteiger partial charge in [0.2, 0.25) is 5.91 Å². The van der Waals surface area contributed by atoms with Crippen LogP contribution in [-0.2, 0) is 23.9 Å². The Morgan fingerprint density at radius 2 is 1.57 bits per heavy atom. The Balaban J connectivity index is 1.09. The number of benzene rings is 2. The predicted molar refractivity (Wildman–Crippen MR) is 284 cm³/mol. The highest BCUT2D eigenvalue weighted by atomic mass is 16.7. The van der Waals surface area contributed by atoms with Crippen molar-refractivity contribution in [3.05, 3.63) is 58.0 Å². The second kappa shape index (κ2) is 22.7. The number of phenols is 2. The normalized spacial score (nSPS) is 31.0. The molecule has 2 aromatic carbocycles. The number of rotatable bonds is 7. The van der Waals surface area contributed by atoms with Gasteiger partial charge in [-0.3, -0.25) is 29.1 Å². The van der Waals surface area contributed by atoms with E-state index in [4.69, 9.17) is 19.2 Å². The minimum atomic E-state index is -1.94. The van der Waals surface area contributed by atoms with Gasteiger partial charge in [-0.15, -0.1) is 0 Å². The van der Waals surface area contributed by atoms with E-state index in [1.165, 1.54) is 13.2 Å². The summed E-state index contributed by atoms with van der Waals surface area (Å²) in [7, 11) is 2.15. The highest BCUT2D eigenvalue weighted by Crippen LogP contribution is 2.51. The van der Waals surface area contributed by atoms with Gasteiger partial charge in [0.1, 0.15) is 40.4 Å². The quantitative estimate of drug-likeness (QED) is 0.140. The number of aliphatic hydroxyl groups is 2. The monoisotopic (exact) mass is 1040 g/mol. The number of ketones is 1. The molecule has 3 saturated heterocycles. The van der Waals surface area contributed by atoms with E-state index in [2.05, 4.69) is 45.9 Å². The van der Waals surface area contributed by atoms with Crippen LogP contribution >= 0.6 is 0 Å². The molecule has 0 aliphatic carbocycles. The van der Waals surface area contributed by atoms with Crippen LogP contribution in [0.15, 0.2) is 46.1 Å². The number of esters is 1. The summed E-state index contributed by atoms with van der Waals surface area (Å²) in [5.74, 6) is -6.41. The topological polar surface area (TPSA) is 227 Å². The van der Waals surface area contributed by atoms with Crippen LogP contribution in [0.3, 0.4) is 0 Å². The number of likely N-dealkylation sites (tertiary alicyclic amines) is 2. The molecule has 2 amide bonds. The molecular weight excluding hydrogens is 959 g/mol. The lowest BCUT2D eigenvalue weighted by atomic mass is 9.79. The Morgan fingerprint density at radius 1 is 0.893 bits per heavy atom. The molecule has 0 aromatic heterocycles. The maximum atomic E-state index is 14.9. The van der Waals surface area contributed by atoms with Crippen LogP contribution in [0.2, 0.25) is 0 Å². The van der Waals surface area contributed by atoms with Crippen molar-refractivity contribution in [3.63, 3.8) is 0 Å². The van der Waals surface area contributed by atoms with Gasteiger partial charge in [0, 0.05) is 106 Å². The number of piperazine rings is 1. The van der Waals surface area contributed by atoms with Crippen molar-refractivity contribution >= 4 is 40.0 Å². The highest BCUT2D eigenvalue weighted by molar-refractivity contribution is 6.21. The van der Waals surface area contributed by atoms with Crippen molar-refractivity contribution in [2.45, 2.75) is 131 Å². The maximum absolute atomic E-state index is 14.9. The number of hydrogen-bond acceptors (Lipinski definition) is 16. The van der Waals surface area contributed by atoms with Gasteiger partial charge in [-0.05, 0) is 77.1 Å². The van der Waals surface area contributed by atoms with Gasteiger partial charge in [0.25, 0.3) is 11.7 Å². The number of nitrogens with one attached hydrogen (secondary N) is 1. The molecule has 0 unspecified atom stereocenters. The number of phenolic OH excluding ortho intramolecular Hbond substituents is 2. The number of Topliss-reactive ketones (excluding diaryl/α,β-unsaturated/α-hetero) is 1. The van der Waals surface area contributed by atoms with Gasteiger partial charge >= 0.3 is 11.8 Å². The molecule has 0 saturated carbocycles. The van der Waals surface area contributed by atoms with E-state index in [0.29, 0.717) is 43.5 Å². The zero-order valence-corrected chi connectivity index (χ0v) is 45.7.